The summed E-state index contributed by atoms with van der Waals surface area (Å²) in [5.74, 6) is -0.362. The minimum Gasteiger partial charge on any atom is -0.428 e. The van der Waals surface area contributed by atoms with Crippen LogP contribution in [0.15, 0.2) is 0 Å². The van der Waals surface area contributed by atoms with Gasteiger partial charge in [0.25, 0.3) is 0 Å². The van der Waals surface area contributed by atoms with Crippen molar-refractivity contribution in [3.05, 3.63) is 0 Å². The highest BCUT2D eigenvalue weighted by Crippen LogP contribution is 2.24. The molecule has 5 heteroatoms. The van der Waals surface area contributed by atoms with Crippen LogP contribution in [-0.4, -0.2) is 18.9 Å². The highest BCUT2D eigenvalue weighted by atomic mass is 16.7. The summed E-state index contributed by atoms with van der Waals surface area (Å²) in [6.07, 6.45) is 3.81. The fourth-order valence-electron chi connectivity index (χ4n) is 1.60. The van der Waals surface area contributed by atoms with E-state index in [1.54, 1.807) is 0 Å². The second-order valence-electron chi connectivity index (χ2n) is 3.35. The molecule has 1 fully saturated rings. The average Bonchev–Trinajstić information content (AvgIpc) is 2.18. The Morgan fingerprint density at radius 3 is 2.36 bits per heavy atom. The number of amides is 1. The molecule has 14 heavy (non-hydrogen) atoms. The molecule has 1 rings (SSSR count). The highest BCUT2D eigenvalue weighted by Gasteiger charge is 2.22. The van der Waals surface area contributed by atoms with Crippen molar-refractivity contribution in [2.45, 2.75) is 32.1 Å². The molecular formula is C9H14NO4. The van der Waals surface area contributed by atoms with Gasteiger partial charge in [-0.05, 0) is 12.8 Å². The van der Waals surface area contributed by atoms with E-state index in [-0.39, 0.29) is 11.9 Å². The lowest BCUT2D eigenvalue weighted by atomic mass is 9.89. The third-order valence-electron chi connectivity index (χ3n) is 2.33. The summed E-state index contributed by atoms with van der Waals surface area (Å²) in [6, 6.07) is 0. The van der Waals surface area contributed by atoms with Gasteiger partial charge in [-0.25, -0.2) is 10.5 Å². The van der Waals surface area contributed by atoms with Gasteiger partial charge >= 0.3 is 12.1 Å². The molecule has 1 N–H and O–H groups in total. The first-order valence-electron chi connectivity index (χ1n) is 4.75. The minimum atomic E-state index is -1.18. The molecule has 0 bridgehead atoms. The normalized spacial score (nSPS) is 17.4. The van der Waals surface area contributed by atoms with Crippen LogP contribution in [0.2, 0.25) is 0 Å². The zero-order valence-corrected chi connectivity index (χ0v) is 7.95. The van der Waals surface area contributed by atoms with Crippen LogP contribution in [0.1, 0.15) is 32.1 Å². The van der Waals surface area contributed by atoms with Crippen LogP contribution in [0.4, 0.5) is 4.79 Å². The largest absolute Gasteiger partial charge is 0.429 e. The SMILES string of the molecule is [NH]C(=O)OCOC(=O)C1CCCCC1. The molecular weight excluding hydrogens is 186 g/mol. The lowest BCUT2D eigenvalue weighted by Gasteiger charge is -2.19. The van der Waals surface area contributed by atoms with Crippen molar-refractivity contribution >= 4 is 12.1 Å². The Labute approximate surface area is 82.5 Å². The first-order valence-corrected chi connectivity index (χ1v) is 4.75. The second-order valence-corrected chi connectivity index (χ2v) is 3.35. The van der Waals surface area contributed by atoms with E-state index in [1.807, 2.05) is 0 Å². The Kier molecular flexibility index (Phi) is 4.22. The molecule has 0 spiro atoms. The standard InChI is InChI=1S/C9H14NO4/c10-9(12)14-6-13-8(11)7-4-2-1-3-5-7/h7,10H,1-6H2. The van der Waals surface area contributed by atoms with Crippen molar-refractivity contribution in [2.24, 2.45) is 5.92 Å². The maximum absolute atomic E-state index is 11.3. The van der Waals surface area contributed by atoms with Crippen LogP contribution in [0.3, 0.4) is 0 Å². The van der Waals surface area contributed by atoms with E-state index in [0.29, 0.717) is 0 Å². The molecule has 0 aromatic rings. The van der Waals surface area contributed by atoms with Crippen LogP contribution >= 0.6 is 0 Å². The van der Waals surface area contributed by atoms with E-state index >= 15 is 0 Å². The van der Waals surface area contributed by atoms with Gasteiger partial charge in [-0.2, -0.15) is 0 Å². The lowest BCUT2D eigenvalue weighted by Crippen LogP contribution is -2.22. The Balaban J connectivity index is 2.16. The Morgan fingerprint density at radius 2 is 1.79 bits per heavy atom. The van der Waals surface area contributed by atoms with Crippen molar-refractivity contribution in [3.8, 4) is 0 Å². The number of hydrogen-bond acceptors (Lipinski definition) is 4. The zero-order valence-electron chi connectivity index (χ0n) is 7.95. The summed E-state index contributed by atoms with van der Waals surface area (Å²) in [7, 11) is 0. The second kappa shape index (κ2) is 5.47. The molecule has 1 aliphatic carbocycles. The van der Waals surface area contributed by atoms with E-state index in [9.17, 15) is 9.59 Å². The third-order valence-corrected chi connectivity index (χ3v) is 2.33. The number of rotatable bonds is 3. The van der Waals surface area contributed by atoms with Gasteiger partial charge in [0.1, 0.15) is 0 Å². The van der Waals surface area contributed by atoms with Crippen LogP contribution in [0.5, 0.6) is 0 Å². The van der Waals surface area contributed by atoms with Gasteiger partial charge in [-0.15, -0.1) is 0 Å². The van der Waals surface area contributed by atoms with Gasteiger partial charge in [-0.1, -0.05) is 19.3 Å². The molecule has 0 aromatic carbocycles. The highest BCUT2D eigenvalue weighted by molar-refractivity contribution is 5.72. The van der Waals surface area contributed by atoms with Gasteiger partial charge in [0.05, 0.1) is 5.92 Å². The summed E-state index contributed by atoms with van der Waals surface area (Å²) in [5.41, 5.74) is 6.41. The van der Waals surface area contributed by atoms with Crippen molar-refractivity contribution < 1.29 is 19.1 Å². The zero-order chi connectivity index (χ0) is 10.4. The molecule has 0 heterocycles. The topological polar surface area (TPSA) is 76.4 Å². The fourth-order valence-corrected chi connectivity index (χ4v) is 1.60. The van der Waals surface area contributed by atoms with Gasteiger partial charge in [0.2, 0.25) is 6.79 Å². The predicted octanol–water partition coefficient (Wildman–Crippen LogP) is 1.49. The molecule has 1 amide bonds. The number of nitrogens with one attached hydrogen (secondary N) is 1. The first kappa shape index (κ1) is 10.8. The maximum Gasteiger partial charge on any atom is 0.429 e. The minimum absolute atomic E-state index is 0.0480. The molecule has 1 radical (unpaired) electrons. The molecule has 79 valence electrons. The van der Waals surface area contributed by atoms with Crippen molar-refractivity contribution in [1.82, 2.24) is 5.73 Å². The molecule has 1 aliphatic rings. The Bertz CT molecular complexity index is 211. The van der Waals surface area contributed by atoms with Crippen LogP contribution in [0.25, 0.3) is 0 Å². The maximum atomic E-state index is 11.3. The predicted molar refractivity (Wildman–Crippen MR) is 47.1 cm³/mol. The van der Waals surface area contributed by atoms with Crippen molar-refractivity contribution in [1.29, 1.82) is 0 Å². The van der Waals surface area contributed by atoms with E-state index in [1.165, 1.54) is 6.42 Å². The van der Waals surface area contributed by atoms with E-state index in [2.05, 4.69) is 4.74 Å². The molecule has 1 saturated carbocycles. The molecule has 0 saturated heterocycles. The molecule has 0 unspecified atom stereocenters. The number of carbonyl (C=O) groups is 2. The Hall–Kier alpha value is -1.26. The number of carbonyl (C=O) groups excluding carboxylic acids is 2. The molecule has 0 atom stereocenters. The average molecular weight is 200 g/mol. The van der Waals surface area contributed by atoms with Crippen molar-refractivity contribution in [3.63, 3.8) is 0 Å². The van der Waals surface area contributed by atoms with Gasteiger partial charge in [0, 0.05) is 0 Å². The molecule has 5 nitrogen and oxygen atoms in total. The van der Waals surface area contributed by atoms with Gasteiger partial charge in [-0.3, -0.25) is 4.79 Å². The van der Waals surface area contributed by atoms with E-state index < -0.39 is 12.9 Å². The smallest absolute Gasteiger partial charge is 0.428 e. The lowest BCUT2D eigenvalue weighted by molar-refractivity contribution is -0.157. The summed E-state index contributed by atoms with van der Waals surface area (Å²) in [6.45, 7) is -0.433. The molecule has 0 aliphatic heterocycles. The van der Waals surface area contributed by atoms with E-state index in [4.69, 9.17) is 10.5 Å². The van der Waals surface area contributed by atoms with Crippen LogP contribution in [0, 0.1) is 5.92 Å². The van der Waals surface area contributed by atoms with E-state index in [0.717, 1.165) is 25.7 Å². The first-order chi connectivity index (χ1) is 6.70. The number of esters is 1. The van der Waals surface area contributed by atoms with Gasteiger partial charge in [0.15, 0.2) is 0 Å². The summed E-state index contributed by atoms with van der Waals surface area (Å²) in [5, 5.41) is 0. The summed E-state index contributed by atoms with van der Waals surface area (Å²) >= 11 is 0. The Morgan fingerprint density at radius 1 is 1.14 bits per heavy atom. The van der Waals surface area contributed by atoms with Crippen LogP contribution < -0.4 is 5.73 Å². The monoisotopic (exact) mass is 200 g/mol. The molecule has 0 aromatic heterocycles. The fraction of sp³-hybridized carbons (Fsp3) is 0.778. The quantitative estimate of drug-likeness (QED) is 0.510. The van der Waals surface area contributed by atoms with Gasteiger partial charge < -0.3 is 9.47 Å². The third kappa shape index (κ3) is 3.64. The number of ether oxygens (including phenoxy) is 2. The van der Waals surface area contributed by atoms with Crippen molar-refractivity contribution in [2.75, 3.05) is 6.79 Å². The van der Waals surface area contributed by atoms with Crippen LogP contribution in [-0.2, 0) is 14.3 Å². The summed E-state index contributed by atoms with van der Waals surface area (Å²) < 4.78 is 8.88. The summed E-state index contributed by atoms with van der Waals surface area (Å²) in [4.78, 5) is 21.4. The number of hydrogen-bond donors (Lipinski definition) is 0.